The van der Waals surface area contributed by atoms with Crippen LogP contribution in [0.2, 0.25) is 0 Å². The average Bonchev–Trinajstić information content (AvgIpc) is 2.61. The Morgan fingerprint density at radius 2 is 1.46 bits per heavy atom. The highest BCUT2D eigenvalue weighted by Gasteiger charge is 2.11. The van der Waals surface area contributed by atoms with Crippen molar-refractivity contribution in [1.29, 1.82) is 0 Å². The van der Waals surface area contributed by atoms with Gasteiger partial charge in [0, 0.05) is 18.2 Å². The number of ether oxygens (including phenoxy) is 3. The van der Waals surface area contributed by atoms with E-state index >= 15 is 0 Å². The molecule has 0 bridgehead atoms. The van der Waals surface area contributed by atoms with Gasteiger partial charge in [-0.3, -0.25) is 4.79 Å². The SMILES string of the molecule is COc1cc(OC)cc(OC(=O)Cc2cccc3ccccc23)c1. The lowest BCUT2D eigenvalue weighted by atomic mass is 10.0. The van der Waals surface area contributed by atoms with Crippen LogP contribution in [0.5, 0.6) is 17.2 Å². The standard InChI is InChI=1S/C20H18O4/c1-22-16-11-17(23-2)13-18(12-16)24-20(21)10-15-8-5-7-14-6-3-4-9-19(14)15/h3-9,11-13H,10H2,1-2H3. The number of methoxy groups -OCH3 is 2. The zero-order chi connectivity index (χ0) is 16.9. The highest BCUT2D eigenvalue weighted by molar-refractivity contribution is 5.89. The van der Waals surface area contributed by atoms with Gasteiger partial charge in [-0.05, 0) is 16.3 Å². The molecule has 24 heavy (non-hydrogen) atoms. The Bertz CT molecular complexity index is 843. The predicted molar refractivity (Wildman–Crippen MR) is 92.8 cm³/mol. The third-order valence-electron chi connectivity index (χ3n) is 3.77. The monoisotopic (exact) mass is 322 g/mol. The van der Waals surface area contributed by atoms with E-state index in [1.807, 2.05) is 42.5 Å². The summed E-state index contributed by atoms with van der Waals surface area (Å²) in [5, 5.41) is 2.16. The van der Waals surface area contributed by atoms with Gasteiger partial charge in [-0.1, -0.05) is 42.5 Å². The summed E-state index contributed by atoms with van der Waals surface area (Å²) in [4.78, 5) is 12.3. The predicted octanol–water partition coefficient (Wildman–Crippen LogP) is 4.01. The molecular weight excluding hydrogens is 304 g/mol. The molecule has 0 aliphatic carbocycles. The normalized spacial score (nSPS) is 10.4. The highest BCUT2D eigenvalue weighted by Crippen LogP contribution is 2.28. The van der Waals surface area contributed by atoms with Crippen LogP contribution in [-0.2, 0) is 11.2 Å². The maximum atomic E-state index is 12.3. The summed E-state index contributed by atoms with van der Waals surface area (Å²) in [5.74, 6) is 1.21. The van der Waals surface area contributed by atoms with E-state index in [-0.39, 0.29) is 12.4 Å². The first kappa shape index (κ1) is 15.9. The summed E-state index contributed by atoms with van der Waals surface area (Å²) in [6.45, 7) is 0. The highest BCUT2D eigenvalue weighted by atomic mass is 16.5. The van der Waals surface area contributed by atoms with E-state index in [9.17, 15) is 4.79 Å². The van der Waals surface area contributed by atoms with Crippen molar-refractivity contribution in [2.45, 2.75) is 6.42 Å². The molecule has 0 heterocycles. The zero-order valence-electron chi connectivity index (χ0n) is 13.6. The lowest BCUT2D eigenvalue weighted by molar-refractivity contribution is -0.133. The Morgan fingerprint density at radius 3 is 2.17 bits per heavy atom. The molecular formula is C20H18O4. The third-order valence-corrected chi connectivity index (χ3v) is 3.77. The minimum absolute atomic E-state index is 0.195. The van der Waals surface area contributed by atoms with E-state index in [2.05, 4.69) is 0 Å². The van der Waals surface area contributed by atoms with Gasteiger partial charge in [0.2, 0.25) is 0 Å². The van der Waals surface area contributed by atoms with Crippen molar-refractivity contribution in [3.05, 3.63) is 66.2 Å². The van der Waals surface area contributed by atoms with Gasteiger partial charge in [-0.25, -0.2) is 0 Å². The number of carbonyl (C=O) groups is 1. The van der Waals surface area contributed by atoms with Crippen LogP contribution >= 0.6 is 0 Å². The largest absolute Gasteiger partial charge is 0.496 e. The summed E-state index contributed by atoms with van der Waals surface area (Å²) >= 11 is 0. The summed E-state index contributed by atoms with van der Waals surface area (Å²) in [6.07, 6.45) is 0.195. The van der Waals surface area contributed by atoms with Gasteiger partial charge < -0.3 is 14.2 Å². The van der Waals surface area contributed by atoms with Gasteiger partial charge in [-0.2, -0.15) is 0 Å². The van der Waals surface area contributed by atoms with Crippen LogP contribution in [0.3, 0.4) is 0 Å². The van der Waals surface area contributed by atoms with Crippen molar-refractivity contribution >= 4 is 16.7 Å². The summed E-state index contributed by atoms with van der Waals surface area (Å²) < 4.78 is 15.8. The zero-order valence-corrected chi connectivity index (χ0v) is 13.6. The molecule has 0 aromatic heterocycles. The van der Waals surface area contributed by atoms with Crippen molar-refractivity contribution in [2.75, 3.05) is 14.2 Å². The molecule has 0 radical (unpaired) electrons. The Kier molecular flexibility index (Phi) is 4.66. The Morgan fingerprint density at radius 1 is 0.833 bits per heavy atom. The molecule has 122 valence electrons. The molecule has 0 amide bonds. The number of rotatable bonds is 5. The van der Waals surface area contributed by atoms with Gasteiger partial charge in [0.25, 0.3) is 0 Å². The lowest BCUT2D eigenvalue weighted by Crippen LogP contribution is -2.11. The molecule has 0 N–H and O–H groups in total. The van der Waals surface area contributed by atoms with Crippen LogP contribution in [0.15, 0.2) is 60.7 Å². The Labute approximate surface area is 140 Å². The lowest BCUT2D eigenvalue weighted by Gasteiger charge is -2.10. The van der Waals surface area contributed by atoms with Crippen molar-refractivity contribution in [2.24, 2.45) is 0 Å². The molecule has 3 rings (SSSR count). The second-order valence-electron chi connectivity index (χ2n) is 5.34. The number of carbonyl (C=O) groups excluding carboxylic acids is 1. The van der Waals surface area contributed by atoms with Crippen molar-refractivity contribution in [3.8, 4) is 17.2 Å². The Hall–Kier alpha value is -3.01. The first-order valence-electron chi connectivity index (χ1n) is 7.60. The van der Waals surface area contributed by atoms with Crippen molar-refractivity contribution in [3.63, 3.8) is 0 Å². The molecule has 0 aliphatic rings. The number of fused-ring (bicyclic) bond motifs is 1. The van der Waals surface area contributed by atoms with Gasteiger partial charge in [-0.15, -0.1) is 0 Å². The average molecular weight is 322 g/mol. The van der Waals surface area contributed by atoms with Crippen molar-refractivity contribution in [1.82, 2.24) is 0 Å². The summed E-state index contributed by atoms with van der Waals surface area (Å²) in [6, 6.07) is 18.9. The van der Waals surface area contributed by atoms with Crippen LogP contribution in [0.1, 0.15) is 5.56 Å². The summed E-state index contributed by atoms with van der Waals surface area (Å²) in [5.41, 5.74) is 0.938. The number of hydrogen-bond acceptors (Lipinski definition) is 4. The number of esters is 1. The maximum Gasteiger partial charge on any atom is 0.315 e. The van der Waals surface area contributed by atoms with E-state index in [1.165, 1.54) is 0 Å². The van der Waals surface area contributed by atoms with Crippen molar-refractivity contribution < 1.29 is 19.0 Å². The molecule has 0 fully saturated rings. The third kappa shape index (κ3) is 3.49. The molecule has 4 heteroatoms. The van der Waals surface area contributed by atoms with E-state index in [1.54, 1.807) is 32.4 Å². The van der Waals surface area contributed by atoms with E-state index in [4.69, 9.17) is 14.2 Å². The van der Waals surface area contributed by atoms with Crippen LogP contribution in [0, 0.1) is 0 Å². The van der Waals surface area contributed by atoms with Gasteiger partial charge in [0.05, 0.1) is 20.6 Å². The second-order valence-corrected chi connectivity index (χ2v) is 5.34. The van der Waals surface area contributed by atoms with Crippen LogP contribution in [0.25, 0.3) is 10.8 Å². The number of benzene rings is 3. The molecule has 0 atom stereocenters. The Balaban J connectivity index is 1.80. The quantitative estimate of drug-likeness (QED) is 0.526. The number of hydrogen-bond donors (Lipinski definition) is 0. The van der Waals surface area contributed by atoms with Gasteiger partial charge in [0.1, 0.15) is 17.2 Å². The van der Waals surface area contributed by atoms with Crippen LogP contribution in [-0.4, -0.2) is 20.2 Å². The fraction of sp³-hybridized carbons (Fsp3) is 0.150. The van der Waals surface area contributed by atoms with E-state index < -0.39 is 0 Å². The topological polar surface area (TPSA) is 44.8 Å². The fourth-order valence-electron chi connectivity index (χ4n) is 2.61. The molecule has 3 aromatic carbocycles. The second kappa shape index (κ2) is 7.04. The molecule has 0 aliphatic heterocycles. The molecule has 0 unspecified atom stereocenters. The smallest absolute Gasteiger partial charge is 0.315 e. The van der Waals surface area contributed by atoms with E-state index in [0.717, 1.165) is 16.3 Å². The molecule has 0 spiro atoms. The molecule has 4 nitrogen and oxygen atoms in total. The summed E-state index contributed by atoms with van der Waals surface area (Å²) in [7, 11) is 3.10. The van der Waals surface area contributed by atoms with Gasteiger partial charge in [0.15, 0.2) is 0 Å². The van der Waals surface area contributed by atoms with Crippen LogP contribution in [0.4, 0.5) is 0 Å². The van der Waals surface area contributed by atoms with Gasteiger partial charge >= 0.3 is 5.97 Å². The maximum absolute atomic E-state index is 12.3. The molecule has 0 saturated carbocycles. The molecule has 0 saturated heterocycles. The van der Waals surface area contributed by atoms with Crippen LogP contribution < -0.4 is 14.2 Å². The minimum atomic E-state index is -0.332. The fourth-order valence-corrected chi connectivity index (χ4v) is 2.61. The minimum Gasteiger partial charge on any atom is -0.496 e. The first-order valence-corrected chi connectivity index (χ1v) is 7.60. The van der Waals surface area contributed by atoms with E-state index in [0.29, 0.717) is 17.2 Å². The molecule has 3 aromatic rings. The first-order chi connectivity index (χ1) is 11.7.